The molecule has 2 fully saturated rings. The minimum atomic E-state index is 0.723. The van der Waals surface area contributed by atoms with Gasteiger partial charge in [-0.05, 0) is 79.5 Å². The molecule has 102 valence electrons. The van der Waals surface area contributed by atoms with Crippen molar-refractivity contribution < 1.29 is 0 Å². The minimum absolute atomic E-state index is 0.723. The van der Waals surface area contributed by atoms with Crippen LogP contribution in [0.2, 0.25) is 0 Å². The lowest BCUT2D eigenvalue weighted by Gasteiger charge is -2.23. The molecule has 0 amide bonds. The van der Waals surface area contributed by atoms with Gasteiger partial charge < -0.3 is 5.32 Å². The molecule has 3 unspecified atom stereocenters. The summed E-state index contributed by atoms with van der Waals surface area (Å²) in [5.74, 6) is 2.92. The predicted molar refractivity (Wildman–Crippen MR) is 79.1 cm³/mol. The van der Waals surface area contributed by atoms with Crippen molar-refractivity contribution in [1.29, 1.82) is 0 Å². The Morgan fingerprint density at radius 2 is 1.74 bits per heavy atom. The molecule has 1 nitrogen and oxygen atoms in total. The van der Waals surface area contributed by atoms with Crippen molar-refractivity contribution in [2.45, 2.75) is 39.0 Å². The Morgan fingerprint density at radius 3 is 2.32 bits per heavy atom. The molecule has 1 aromatic carbocycles. The van der Waals surface area contributed by atoms with Crippen LogP contribution in [0.15, 0.2) is 24.3 Å². The van der Waals surface area contributed by atoms with Gasteiger partial charge in [-0.3, -0.25) is 0 Å². The van der Waals surface area contributed by atoms with Crippen molar-refractivity contribution >= 4 is 0 Å². The van der Waals surface area contributed by atoms with Crippen molar-refractivity contribution in [3.8, 4) is 0 Å². The predicted octanol–water partition coefficient (Wildman–Crippen LogP) is 3.43. The first kappa shape index (κ1) is 12.0. The van der Waals surface area contributed by atoms with Gasteiger partial charge in [0.25, 0.3) is 0 Å². The molecule has 0 aromatic heterocycles. The second-order valence-corrected chi connectivity index (χ2v) is 6.97. The molecule has 3 aliphatic carbocycles. The maximum atomic E-state index is 3.59. The van der Waals surface area contributed by atoms with Crippen LogP contribution in [0.25, 0.3) is 0 Å². The number of rotatable bonds is 3. The van der Waals surface area contributed by atoms with Gasteiger partial charge in [-0.15, -0.1) is 0 Å². The van der Waals surface area contributed by atoms with Crippen molar-refractivity contribution in [3.05, 3.63) is 35.4 Å². The lowest BCUT2D eigenvalue weighted by atomic mass is 9.82. The van der Waals surface area contributed by atoms with E-state index in [2.05, 4.69) is 36.5 Å². The summed E-state index contributed by atoms with van der Waals surface area (Å²) >= 11 is 0. The Hall–Kier alpha value is -0.820. The Balaban J connectivity index is 1.61. The van der Waals surface area contributed by atoms with E-state index in [1.54, 1.807) is 11.1 Å². The van der Waals surface area contributed by atoms with E-state index in [1.165, 1.54) is 38.6 Å². The third-order valence-electron chi connectivity index (χ3n) is 6.28. The van der Waals surface area contributed by atoms with Crippen molar-refractivity contribution in [1.82, 2.24) is 5.32 Å². The van der Waals surface area contributed by atoms with Gasteiger partial charge in [0, 0.05) is 0 Å². The Morgan fingerprint density at radius 1 is 1.11 bits per heavy atom. The van der Waals surface area contributed by atoms with Gasteiger partial charge in [0.15, 0.2) is 0 Å². The van der Waals surface area contributed by atoms with E-state index in [4.69, 9.17) is 0 Å². The average Bonchev–Trinajstić information content (AvgIpc) is 3.06. The minimum Gasteiger partial charge on any atom is -0.317 e. The molecule has 1 spiro atoms. The highest BCUT2D eigenvalue weighted by molar-refractivity contribution is 5.33. The highest BCUT2D eigenvalue weighted by atomic mass is 14.9. The summed E-state index contributed by atoms with van der Waals surface area (Å²) in [6.07, 6.45) is 7.19. The van der Waals surface area contributed by atoms with Crippen molar-refractivity contribution in [3.63, 3.8) is 0 Å². The van der Waals surface area contributed by atoms with E-state index in [1.807, 2.05) is 0 Å². The smallest absolute Gasteiger partial charge is 0.00149 e. The topological polar surface area (TPSA) is 12.0 Å². The lowest BCUT2D eigenvalue weighted by molar-refractivity contribution is 0.258. The molecule has 0 heterocycles. The summed E-state index contributed by atoms with van der Waals surface area (Å²) in [6, 6.07) is 9.22. The van der Waals surface area contributed by atoms with E-state index < -0.39 is 0 Å². The maximum absolute atomic E-state index is 3.59. The highest BCUT2D eigenvalue weighted by Crippen LogP contribution is 2.70. The number of benzene rings is 1. The zero-order chi connectivity index (χ0) is 12.9. The fraction of sp³-hybridized carbons (Fsp3) is 0.667. The zero-order valence-corrected chi connectivity index (χ0v) is 12.0. The molecule has 1 heteroatoms. The number of nitrogens with one attached hydrogen (secondary N) is 1. The molecular formula is C18H25N. The van der Waals surface area contributed by atoms with E-state index in [-0.39, 0.29) is 0 Å². The third-order valence-corrected chi connectivity index (χ3v) is 6.28. The molecule has 2 bridgehead atoms. The van der Waals surface area contributed by atoms with Gasteiger partial charge in [0.1, 0.15) is 0 Å². The molecule has 2 saturated carbocycles. The third kappa shape index (κ3) is 1.71. The monoisotopic (exact) mass is 255 g/mol. The van der Waals surface area contributed by atoms with E-state index in [0.717, 1.165) is 29.7 Å². The number of fused-ring (bicyclic) bond motifs is 1. The summed E-state index contributed by atoms with van der Waals surface area (Å²) in [5.41, 5.74) is 4.03. The van der Waals surface area contributed by atoms with Gasteiger partial charge in [-0.2, -0.15) is 0 Å². The normalized spacial score (nSPS) is 39.1. The molecule has 1 N–H and O–H groups in total. The first-order valence-electron chi connectivity index (χ1n) is 8.12. The molecule has 0 aliphatic heterocycles. The molecule has 3 aliphatic rings. The molecule has 0 radical (unpaired) electrons. The van der Waals surface area contributed by atoms with Crippen LogP contribution in [0.1, 0.15) is 37.3 Å². The van der Waals surface area contributed by atoms with Crippen LogP contribution in [-0.2, 0) is 12.8 Å². The number of hydrogen-bond acceptors (Lipinski definition) is 1. The van der Waals surface area contributed by atoms with Gasteiger partial charge in [0.05, 0.1) is 0 Å². The van der Waals surface area contributed by atoms with Crippen molar-refractivity contribution in [2.75, 3.05) is 13.1 Å². The van der Waals surface area contributed by atoms with Crippen LogP contribution in [0, 0.1) is 23.2 Å². The van der Waals surface area contributed by atoms with Crippen LogP contribution in [0.3, 0.4) is 0 Å². The van der Waals surface area contributed by atoms with E-state index >= 15 is 0 Å². The van der Waals surface area contributed by atoms with E-state index in [0.29, 0.717) is 0 Å². The summed E-state index contributed by atoms with van der Waals surface area (Å²) < 4.78 is 0. The second-order valence-electron chi connectivity index (χ2n) is 6.97. The molecular weight excluding hydrogens is 230 g/mol. The SMILES string of the molecule is CCNCC1CC12C1CCC2Cc2ccccc2C1. The fourth-order valence-corrected chi connectivity index (χ4v) is 5.29. The van der Waals surface area contributed by atoms with Crippen molar-refractivity contribution in [2.24, 2.45) is 23.2 Å². The van der Waals surface area contributed by atoms with Crippen LogP contribution < -0.4 is 5.32 Å². The summed E-state index contributed by atoms with van der Waals surface area (Å²) in [6.45, 7) is 4.62. The standard InChI is InChI=1S/C18H25N/c1-2-19-12-17-11-18(17)15-7-8-16(18)10-14-6-4-3-5-13(14)9-15/h3-6,15-17,19H,2,7-12H2,1H3. The first-order chi connectivity index (χ1) is 9.34. The first-order valence-corrected chi connectivity index (χ1v) is 8.12. The molecule has 3 atom stereocenters. The quantitative estimate of drug-likeness (QED) is 0.872. The largest absolute Gasteiger partial charge is 0.317 e. The summed E-state index contributed by atoms with van der Waals surface area (Å²) in [4.78, 5) is 0. The highest BCUT2D eigenvalue weighted by Gasteiger charge is 2.65. The van der Waals surface area contributed by atoms with Gasteiger partial charge in [-0.1, -0.05) is 31.2 Å². The lowest BCUT2D eigenvalue weighted by Crippen LogP contribution is -2.25. The molecule has 0 saturated heterocycles. The maximum Gasteiger partial charge on any atom is -0.00149 e. The average molecular weight is 255 g/mol. The fourth-order valence-electron chi connectivity index (χ4n) is 5.29. The Labute approximate surface area is 116 Å². The molecule has 4 rings (SSSR count). The Bertz CT molecular complexity index is 445. The van der Waals surface area contributed by atoms with E-state index in [9.17, 15) is 0 Å². The van der Waals surface area contributed by atoms with Crippen LogP contribution in [0.4, 0.5) is 0 Å². The number of hydrogen-bond donors (Lipinski definition) is 1. The van der Waals surface area contributed by atoms with Crippen LogP contribution >= 0.6 is 0 Å². The summed E-state index contributed by atoms with van der Waals surface area (Å²) in [5, 5.41) is 3.59. The zero-order valence-electron chi connectivity index (χ0n) is 12.0. The second kappa shape index (κ2) is 4.34. The van der Waals surface area contributed by atoms with Gasteiger partial charge in [-0.25, -0.2) is 0 Å². The molecule has 1 aromatic rings. The van der Waals surface area contributed by atoms with Gasteiger partial charge in [0.2, 0.25) is 0 Å². The summed E-state index contributed by atoms with van der Waals surface area (Å²) in [7, 11) is 0. The van der Waals surface area contributed by atoms with Crippen LogP contribution in [0.5, 0.6) is 0 Å². The van der Waals surface area contributed by atoms with Crippen LogP contribution in [-0.4, -0.2) is 13.1 Å². The van der Waals surface area contributed by atoms with Gasteiger partial charge >= 0.3 is 0 Å². The Kier molecular flexibility index (Phi) is 2.73. The molecule has 19 heavy (non-hydrogen) atoms.